The maximum absolute atomic E-state index is 11.1. The maximum atomic E-state index is 11.1. The number of aromatic amines is 1. The number of amides is 1. The molecule has 14 heavy (non-hydrogen) atoms. The monoisotopic (exact) mass is 216 g/mol. The first-order valence-electron chi connectivity index (χ1n) is 3.63. The summed E-state index contributed by atoms with van der Waals surface area (Å²) in [5.41, 5.74) is 0. The lowest BCUT2D eigenvalue weighted by molar-refractivity contribution is -0.133. The Hall–Kier alpha value is -1.57. The first-order valence-corrected chi connectivity index (χ1v) is 4.78. The second kappa shape index (κ2) is 5.22. The van der Waals surface area contributed by atoms with Crippen LogP contribution in [0.2, 0.25) is 0 Å². The summed E-state index contributed by atoms with van der Waals surface area (Å²) in [4.78, 5) is 24.9. The Morgan fingerprint density at radius 1 is 1.57 bits per heavy atom. The molecule has 1 rings (SSSR count). The van der Waals surface area contributed by atoms with Crippen molar-refractivity contribution in [3.63, 3.8) is 0 Å². The molecule has 1 aromatic heterocycles. The van der Waals surface area contributed by atoms with Gasteiger partial charge in [0.25, 0.3) is 0 Å². The predicted octanol–water partition coefficient (Wildman–Crippen LogP) is -0.439. The van der Waals surface area contributed by atoms with Crippen molar-refractivity contribution < 1.29 is 14.7 Å². The summed E-state index contributed by atoms with van der Waals surface area (Å²) in [6.45, 7) is 0. The molecule has 0 fully saturated rings. The zero-order valence-corrected chi connectivity index (χ0v) is 7.87. The third-order valence-corrected chi connectivity index (χ3v) is 2.05. The van der Waals surface area contributed by atoms with Gasteiger partial charge in [-0.1, -0.05) is 0 Å². The summed E-state index contributed by atoms with van der Waals surface area (Å²) >= 11 is 1.02. The number of carbonyl (C=O) groups excluding carboxylic acids is 1. The van der Waals surface area contributed by atoms with E-state index in [0.717, 1.165) is 11.8 Å². The number of rotatable bonds is 5. The topological polar surface area (TPSA) is 108 Å². The molecule has 1 amide bonds. The van der Waals surface area contributed by atoms with Crippen LogP contribution in [-0.4, -0.2) is 43.7 Å². The second-order valence-corrected chi connectivity index (χ2v) is 3.25. The van der Waals surface area contributed by atoms with E-state index in [2.05, 4.69) is 20.5 Å². The molecule has 0 aliphatic rings. The zero-order chi connectivity index (χ0) is 10.4. The average molecular weight is 216 g/mol. The van der Waals surface area contributed by atoms with Gasteiger partial charge in [0.1, 0.15) is 6.33 Å². The number of aromatic nitrogens is 3. The van der Waals surface area contributed by atoms with Gasteiger partial charge in [-0.3, -0.25) is 14.9 Å². The fourth-order valence-corrected chi connectivity index (χ4v) is 1.20. The lowest BCUT2D eigenvalue weighted by Crippen LogP contribution is -2.16. The summed E-state index contributed by atoms with van der Waals surface area (Å²) in [6.07, 6.45) is 1.26. The molecule has 0 aliphatic carbocycles. The van der Waals surface area contributed by atoms with Crippen molar-refractivity contribution >= 4 is 29.6 Å². The van der Waals surface area contributed by atoms with Crippen LogP contribution in [0.1, 0.15) is 0 Å². The van der Waals surface area contributed by atoms with Gasteiger partial charge >= 0.3 is 5.97 Å². The highest BCUT2D eigenvalue weighted by Gasteiger charge is 2.05. The summed E-state index contributed by atoms with van der Waals surface area (Å²) in [7, 11) is 0. The minimum absolute atomic E-state index is 0.0764. The normalized spacial score (nSPS) is 9.71. The van der Waals surface area contributed by atoms with Crippen LogP contribution in [0.15, 0.2) is 6.33 Å². The van der Waals surface area contributed by atoms with E-state index in [9.17, 15) is 9.59 Å². The molecule has 76 valence electrons. The minimum atomic E-state index is -0.942. The highest BCUT2D eigenvalue weighted by atomic mass is 32.2. The van der Waals surface area contributed by atoms with E-state index in [1.807, 2.05) is 0 Å². The Kier molecular flexibility index (Phi) is 3.92. The van der Waals surface area contributed by atoms with Gasteiger partial charge in [0.15, 0.2) is 0 Å². The Bertz CT molecular complexity index is 313. The lowest BCUT2D eigenvalue weighted by atomic mass is 10.7. The van der Waals surface area contributed by atoms with Gasteiger partial charge in [-0.25, -0.2) is 5.10 Å². The van der Waals surface area contributed by atoms with Gasteiger partial charge in [0.05, 0.1) is 11.5 Å². The van der Waals surface area contributed by atoms with Crippen LogP contribution in [0.4, 0.5) is 5.95 Å². The molecule has 1 aromatic rings. The number of anilines is 1. The highest BCUT2D eigenvalue weighted by Crippen LogP contribution is 2.00. The van der Waals surface area contributed by atoms with Crippen molar-refractivity contribution in [2.24, 2.45) is 0 Å². The number of nitrogens with zero attached hydrogens (tertiary/aromatic N) is 2. The van der Waals surface area contributed by atoms with Crippen LogP contribution in [0.3, 0.4) is 0 Å². The quantitative estimate of drug-likeness (QED) is 0.615. The lowest BCUT2D eigenvalue weighted by Gasteiger charge is -1.99. The van der Waals surface area contributed by atoms with Crippen LogP contribution in [0.25, 0.3) is 0 Å². The molecule has 0 aromatic carbocycles. The molecule has 0 unspecified atom stereocenters. The number of thioether (sulfide) groups is 1. The van der Waals surface area contributed by atoms with Gasteiger partial charge < -0.3 is 5.11 Å². The minimum Gasteiger partial charge on any atom is -0.481 e. The van der Waals surface area contributed by atoms with Gasteiger partial charge in [-0.05, 0) is 0 Å². The number of carbonyl (C=O) groups is 2. The molecule has 0 atom stereocenters. The summed E-state index contributed by atoms with van der Waals surface area (Å²) < 4.78 is 0. The average Bonchev–Trinajstić information content (AvgIpc) is 2.56. The molecule has 0 spiro atoms. The summed E-state index contributed by atoms with van der Waals surface area (Å²) in [5, 5.41) is 16.7. The Balaban J connectivity index is 2.20. The van der Waals surface area contributed by atoms with Crippen molar-refractivity contribution in [1.29, 1.82) is 0 Å². The molecule has 0 saturated heterocycles. The molecule has 7 nitrogen and oxygen atoms in total. The van der Waals surface area contributed by atoms with E-state index in [1.54, 1.807) is 0 Å². The third-order valence-electron chi connectivity index (χ3n) is 1.13. The largest absolute Gasteiger partial charge is 0.481 e. The van der Waals surface area contributed by atoms with E-state index < -0.39 is 5.97 Å². The van der Waals surface area contributed by atoms with Gasteiger partial charge in [0.2, 0.25) is 11.9 Å². The number of aliphatic carboxylic acids is 1. The van der Waals surface area contributed by atoms with Crippen LogP contribution >= 0.6 is 11.8 Å². The van der Waals surface area contributed by atoms with Gasteiger partial charge in [0, 0.05) is 0 Å². The summed E-state index contributed by atoms with van der Waals surface area (Å²) in [6, 6.07) is 0. The Morgan fingerprint density at radius 2 is 2.36 bits per heavy atom. The van der Waals surface area contributed by atoms with E-state index in [0.29, 0.717) is 0 Å². The molecular weight excluding hydrogens is 208 g/mol. The fourth-order valence-electron chi connectivity index (χ4n) is 0.665. The number of hydrogen-bond acceptors (Lipinski definition) is 5. The SMILES string of the molecule is O=C(O)CSCC(=O)Nc1ncn[nH]1. The number of carboxylic acids is 1. The van der Waals surface area contributed by atoms with E-state index in [-0.39, 0.29) is 23.4 Å². The number of nitrogens with one attached hydrogen (secondary N) is 2. The van der Waals surface area contributed by atoms with Crippen molar-refractivity contribution in [3.8, 4) is 0 Å². The van der Waals surface area contributed by atoms with Crippen LogP contribution in [0.5, 0.6) is 0 Å². The molecular formula is C6H8N4O3S. The number of carboxylic acid groups (broad SMARTS) is 1. The van der Waals surface area contributed by atoms with Gasteiger partial charge in [-0.2, -0.15) is 10.1 Å². The first kappa shape index (κ1) is 10.5. The van der Waals surface area contributed by atoms with Crippen LogP contribution < -0.4 is 5.32 Å². The van der Waals surface area contributed by atoms with E-state index in [1.165, 1.54) is 6.33 Å². The van der Waals surface area contributed by atoms with Crippen LogP contribution in [-0.2, 0) is 9.59 Å². The Morgan fingerprint density at radius 3 is 2.93 bits per heavy atom. The highest BCUT2D eigenvalue weighted by molar-refractivity contribution is 8.00. The molecule has 0 saturated carbocycles. The van der Waals surface area contributed by atoms with Crippen molar-refractivity contribution in [2.45, 2.75) is 0 Å². The van der Waals surface area contributed by atoms with E-state index in [4.69, 9.17) is 5.11 Å². The molecule has 0 aliphatic heterocycles. The zero-order valence-electron chi connectivity index (χ0n) is 7.06. The molecule has 1 heterocycles. The standard InChI is InChI=1S/C6H8N4O3S/c11-4(1-14-2-5(12)13)9-6-7-3-8-10-6/h3H,1-2H2,(H,12,13)(H2,7,8,9,10,11). The molecule has 8 heteroatoms. The van der Waals surface area contributed by atoms with Crippen molar-refractivity contribution in [3.05, 3.63) is 6.33 Å². The molecule has 3 N–H and O–H groups in total. The number of H-pyrrole nitrogens is 1. The predicted molar refractivity (Wildman–Crippen MR) is 50.0 cm³/mol. The third kappa shape index (κ3) is 3.90. The van der Waals surface area contributed by atoms with Gasteiger partial charge in [-0.15, -0.1) is 11.8 Å². The Labute approximate surface area is 83.3 Å². The smallest absolute Gasteiger partial charge is 0.313 e. The first-order chi connectivity index (χ1) is 6.68. The van der Waals surface area contributed by atoms with Crippen LogP contribution in [0, 0.1) is 0 Å². The number of hydrogen-bond donors (Lipinski definition) is 3. The molecule has 0 radical (unpaired) electrons. The maximum Gasteiger partial charge on any atom is 0.313 e. The summed E-state index contributed by atoms with van der Waals surface area (Å²) in [5.74, 6) is -1.02. The fraction of sp³-hybridized carbons (Fsp3) is 0.333. The second-order valence-electron chi connectivity index (χ2n) is 2.27. The molecule has 0 bridgehead atoms. The van der Waals surface area contributed by atoms with Crippen molar-refractivity contribution in [2.75, 3.05) is 16.8 Å². The van der Waals surface area contributed by atoms with Crippen molar-refractivity contribution in [1.82, 2.24) is 15.2 Å². The van der Waals surface area contributed by atoms with E-state index >= 15 is 0 Å².